The Hall–Kier alpha value is -0.530. The van der Waals surface area contributed by atoms with Crippen LogP contribution in [0.5, 0.6) is 0 Å². The summed E-state index contributed by atoms with van der Waals surface area (Å²) in [5.41, 5.74) is 0. The Bertz CT molecular complexity index is 561. The summed E-state index contributed by atoms with van der Waals surface area (Å²) in [6, 6.07) is 1.67. The summed E-state index contributed by atoms with van der Waals surface area (Å²) in [6.45, 7) is 0. The SMILES string of the molecule is CS(=O)(=O)C1CCCC(Sc2csc(C(=O)O)c2)C1. The van der Waals surface area contributed by atoms with Gasteiger partial charge in [-0.3, -0.25) is 0 Å². The lowest BCUT2D eigenvalue weighted by Crippen LogP contribution is -2.28. The normalized spacial score (nSPS) is 24.3. The van der Waals surface area contributed by atoms with Gasteiger partial charge in [-0.2, -0.15) is 0 Å². The summed E-state index contributed by atoms with van der Waals surface area (Å²) < 4.78 is 23.2. The van der Waals surface area contributed by atoms with Crippen LogP contribution in [0.2, 0.25) is 0 Å². The van der Waals surface area contributed by atoms with Gasteiger partial charge in [-0.15, -0.1) is 23.1 Å². The molecular formula is C12H16O4S3. The Morgan fingerprint density at radius 3 is 2.79 bits per heavy atom. The molecule has 1 N–H and O–H groups in total. The molecule has 0 bridgehead atoms. The van der Waals surface area contributed by atoms with Gasteiger partial charge in [-0.25, -0.2) is 13.2 Å². The smallest absolute Gasteiger partial charge is 0.345 e. The lowest BCUT2D eigenvalue weighted by molar-refractivity contribution is 0.0702. The third-order valence-corrected chi connectivity index (χ3v) is 7.25. The van der Waals surface area contributed by atoms with E-state index in [4.69, 9.17) is 5.11 Å². The van der Waals surface area contributed by atoms with Crippen LogP contribution in [-0.2, 0) is 9.84 Å². The molecule has 1 heterocycles. The fourth-order valence-corrected chi connectivity index (χ4v) is 5.81. The van der Waals surface area contributed by atoms with Crippen molar-refractivity contribution < 1.29 is 18.3 Å². The third-order valence-electron chi connectivity index (χ3n) is 3.27. The molecule has 0 amide bonds. The largest absolute Gasteiger partial charge is 0.477 e. The van der Waals surface area contributed by atoms with E-state index >= 15 is 0 Å². The summed E-state index contributed by atoms with van der Waals surface area (Å²) in [4.78, 5) is 12.1. The fraction of sp³-hybridized carbons (Fsp3) is 0.583. The maximum atomic E-state index is 11.6. The maximum Gasteiger partial charge on any atom is 0.345 e. The quantitative estimate of drug-likeness (QED) is 0.923. The number of hydrogen-bond acceptors (Lipinski definition) is 5. The number of carboxylic acids is 1. The van der Waals surface area contributed by atoms with Crippen molar-refractivity contribution >= 4 is 38.9 Å². The first-order valence-electron chi connectivity index (χ1n) is 6.03. The molecule has 4 nitrogen and oxygen atoms in total. The molecule has 0 aromatic carbocycles. The molecule has 1 aromatic heterocycles. The molecule has 1 saturated carbocycles. The highest BCUT2D eigenvalue weighted by atomic mass is 32.2. The van der Waals surface area contributed by atoms with Crippen molar-refractivity contribution in [3.05, 3.63) is 16.3 Å². The number of sulfone groups is 1. The zero-order chi connectivity index (χ0) is 14.0. The molecule has 2 rings (SSSR count). The maximum absolute atomic E-state index is 11.6. The number of carbonyl (C=O) groups is 1. The molecular weight excluding hydrogens is 304 g/mol. The van der Waals surface area contributed by atoms with Crippen molar-refractivity contribution in [1.29, 1.82) is 0 Å². The lowest BCUT2D eigenvalue weighted by atomic mass is 10.00. The molecule has 1 aliphatic carbocycles. The zero-order valence-corrected chi connectivity index (χ0v) is 13.0. The fourth-order valence-electron chi connectivity index (χ4n) is 2.28. The highest BCUT2D eigenvalue weighted by Crippen LogP contribution is 2.37. The molecule has 106 valence electrons. The van der Waals surface area contributed by atoms with Crippen LogP contribution in [0.4, 0.5) is 0 Å². The minimum absolute atomic E-state index is 0.240. The van der Waals surface area contributed by atoms with Crippen molar-refractivity contribution in [2.45, 2.75) is 41.1 Å². The zero-order valence-electron chi connectivity index (χ0n) is 10.5. The number of rotatable bonds is 4. The second kappa shape index (κ2) is 5.85. The summed E-state index contributed by atoms with van der Waals surface area (Å²) >= 11 is 2.82. The van der Waals surface area contributed by atoms with Crippen molar-refractivity contribution in [2.24, 2.45) is 0 Å². The first-order chi connectivity index (χ1) is 8.86. The van der Waals surface area contributed by atoms with Crippen LogP contribution < -0.4 is 0 Å². The molecule has 1 aliphatic rings. The molecule has 1 aromatic rings. The van der Waals surface area contributed by atoms with Crippen molar-refractivity contribution in [3.8, 4) is 0 Å². The van der Waals surface area contributed by atoms with Gasteiger partial charge in [0.05, 0.1) is 5.25 Å². The molecule has 0 aliphatic heterocycles. The first kappa shape index (κ1) is 14.9. The van der Waals surface area contributed by atoms with Crippen LogP contribution in [0.15, 0.2) is 16.3 Å². The molecule has 1 fully saturated rings. The first-order valence-corrected chi connectivity index (χ1v) is 9.75. The van der Waals surface area contributed by atoms with Crippen molar-refractivity contribution in [3.63, 3.8) is 0 Å². The molecule has 0 spiro atoms. The van der Waals surface area contributed by atoms with Crippen LogP contribution in [0.1, 0.15) is 35.4 Å². The summed E-state index contributed by atoms with van der Waals surface area (Å²) in [7, 11) is -2.96. The third kappa shape index (κ3) is 3.97. The standard InChI is InChI=1S/C12H16O4S3/c1-19(15,16)10-4-2-3-8(5-10)18-9-6-11(12(13)14)17-7-9/h6-8,10H,2-5H2,1H3,(H,13,14). The predicted octanol–water partition coefficient (Wildman–Crippen LogP) is 2.89. The summed E-state index contributed by atoms with van der Waals surface area (Å²) in [6.07, 6.45) is 4.64. The molecule has 7 heteroatoms. The van der Waals surface area contributed by atoms with Gasteiger partial charge >= 0.3 is 5.97 Å². The number of hydrogen-bond donors (Lipinski definition) is 1. The van der Waals surface area contributed by atoms with E-state index in [-0.39, 0.29) is 10.5 Å². The van der Waals surface area contributed by atoms with E-state index in [0.717, 1.165) is 24.2 Å². The van der Waals surface area contributed by atoms with E-state index in [1.165, 1.54) is 17.6 Å². The molecule has 19 heavy (non-hydrogen) atoms. The minimum Gasteiger partial charge on any atom is -0.477 e. The molecule has 0 saturated heterocycles. The average Bonchev–Trinajstić information content (AvgIpc) is 2.77. The summed E-state index contributed by atoms with van der Waals surface area (Å²) in [5, 5.41) is 10.7. The van der Waals surface area contributed by atoms with Crippen molar-refractivity contribution in [1.82, 2.24) is 0 Å². The van der Waals surface area contributed by atoms with E-state index in [1.807, 2.05) is 5.38 Å². The predicted molar refractivity (Wildman–Crippen MR) is 78.0 cm³/mol. The highest BCUT2D eigenvalue weighted by Gasteiger charge is 2.29. The van der Waals surface area contributed by atoms with Gasteiger partial charge in [-0.1, -0.05) is 6.42 Å². The Morgan fingerprint density at radius 1 is 1.47 bits per heavy atom. The van der Waals surface area contributed by atoms with Crippen molar-refractivity contribution in [2.75, 3.05) is 6.26 Å². The minimum atomic E-state index is -2.96. The number of thiophene rings is 1. The summed E-state index contributed by atoms with van der Waals surface area (Å²) in [5.74, 6) is -0.908. The second-order valence-electron chi connectivity index (χ2n) is 4.81. The number of aromatic carboxylic acids is 1. The molecule has 0 radical (unpaired) electrons. The van der Waals surface area contributed by atoms with Gasteiger partial charge in [0.1, 0.15) is 14.7 Å². The number of carboxylic acid groups (broad SMARTS) is 1. The van der Waals surface area contributed by atoms with E-state index in [9.17, 15) is 13.2 Å². The Labute approximate surface area is 121 Å². The Balaban J connectivity index is 2.00. The van der Waals surface area contributed by atoms with Crippen LogP contribution in [0.3, 0.4) is 0 Å². The Morgan fingerprint density at radius 2 is 2.21 bits per heavy atom. The molecule has 2 unspecified atom stereocenters. The lowest BCUT2D eigenvalue weighted by Gasteiger charge is -2.27. The van der Waals surface area contributed by atoms with E-state index in [2.05, 4.69) is 0 Å². The van der Waals surface area contributed by atoms with Gasteiger partial charge in [0.15, 0.2) is 0 Å². The van der Waals surface area contributed by atoms with Gasteiger partial charge in [0, 0.05) is 21.8 Å². The van der Waals surface area contributed by atoms with Gasteiger partial charge in [0.2, 0.25) is 0 Å². The van der Waals surface area contributed by atoms with Crippen LogP contribution >= 0.6 is 23.1 Å². The van der Waals surface area contributed by atoms with Crippen LogP contribution in [0, 0.1) is 0 Å². The van der Waals surface area contributed by atoms with Crippen LogP contribution in [-0.4, -0.2) is 36.2 Å². The topological polar surface area (TPSA) is 71.4 Å². The monoisotopic (exact) mass is 320 g/mol. The Kier molecular flexibility index (Phi) is 4.58. The second-order valence-corrected chi connectivity index (χ2v) is 9.42. The van der Waals surface area contributed by atoms with Gasteiger partial charge in [-0.05, 0) is 25.3 Å². The van der Waals surface area contributed by atoms with Crippen LogP contribution in [0.25, 0.3) is 0 Å². The average molecular weight is 320 g/mol. The van der Waals surface area contributed by atoms with E-state index in [1.54, 1.807) is 17.8 Å². The van der Waals surface area contributed by atoms with Gasteiger partial charge in [0.25, 0.3) is 0 Å². The number of thioether (sulfide) groups is 1. The molecule has 2 atom stereocenters. The van der Waals surface area contributed by atoms with E-state index < -0.39 is 15.8 Å². The van der Waals surface area contributed by atoms with E-state index in [0.29, 0.717) is 11.3 Å². The van der Waals surface area contributed by atoms with Gasteiger partial charge < -0.3 is 5.11 Å². The highest BCUT2D eigenvalue weighted by molar-refractivity contribution is 8.00.